The van der Waals surface area contributed by atoms with E-state index in [0.717, 1.165) is 78.2 Å². The van der Waals surface area contributed by atoms with Gasteiger partial charge in [0.05, 0.1) is 56.4 Å². The molecule has 3 heterocycles. The molecule has 34 heavy (non-hydrogen) atoms. The summed E-state index contributed by atoms with van der Waals surface area (Å²) in [5.74, 6) is 0. The fraction of sp³-hybridized carbons (Fsp3) is 1.00. The molecule has 0 aromatic heterocycles. The lowest BCUT2D eigenvalue weighted by atomic mass is 10.2. The smallest absolute Gasteiger partial charge is 0.0830 e. The highest BCUT2D eigenvalue weighted by molar-refractivity contribution is 6.59. The van der Waals surface area contributed by atoms with Crippen LogP contribution in [0.5, 0.6) is 0 Å². The van der Waals surface area contributed by atoms with Crippen LogP contribution in [0.15, 0.2) is 0 Å². The van der Waals surface area contributed by atoms with Crippen molar-refractivity contribution in [3.8, 4) is 0 Å². The van der Waals surface area contributed by atoms with E-state index >= 15 is 0 Å². The van der Waals surface area contributed by atoms with E-state index in [1.165, 1.54) is 37.4 Å². The first-order valence-electron chi connectivity index (χ1n) is 14.4. The van der Waals surface area contributed by atoms with Crippen molar-refractivity contribution in [2.24, 2.45) is 0 Å². The van der Waals surface area contributed by atoms with Gasteiger partial charge in [-0.3, -0.25) is 0 Å². The van der Waals surface area contributed by atoms with Gasteiger partial charge in [0.2, 0.25) is 0 Å². The van der Waals surface area contributed by atoms with E-state index in [1.54, 1.807) is 0 Å². The van der Waals surface area contributed by atoms with Crippen molar-refractivity contribution < 1.29 is 28.4 Å². The maximum absolute atomic E-state index is 6.44. The van der Waals surface area contributed by atoms with Crippen molar-refractivity contribution in [3.63, 3.8) is 0 Å². The molecule has 0 aliphatic carbocycles. The predicted molar refractivity (Wildman–Crippen MR) is 139 cm³/mol. The van der Waals surface area contributed by atoms with Crippen LogP contribution in [-0.4, -0.2) is 85.1 Å². The van der Waals surface area contributed by atoms with Crippen molar-refractivity contribution >= 4 is 8.80 Å². The Balaban J connectivity index is 1.58. The van der Waals surface area contributed by atoms with E-state index in [2.05, 4.69) is 20.8 Å². The number of hydrogen-bond donors (Lipinski definition) is 0. The van der Waals surface area contributed by atoms with Gasteiger partial charge in [0.25, 0.3) is 0 Å². The van der Waals surface area contributed by atoms with E-state index in [1.807, 2.05) is 0 Å². The van der Waals surface area contributed by atoms with Gasteiger partial charge in [-0.2, -0.15) is 0 Å². The topological polar surface area (TPSA) is 55.4 Å². The van der Waals surface area contributed by atoms with Crippen LogP contribution in [0.1, 0.15) is 78.6 Å². The molecule has 3 rings (SSSR count). The van der Waals surface area contributed by atoms with Crippen LogP contribution in [-0.2, 0) is 28.4 Å². The molecule has 0 N–H and O–H groups in total. The van der Waals surface area contributed by atoms with Crippen molar-refractivity contribution in [3.05, 3.63) is 0 Å². The van der Waals surface area contributed by atoms with Gasteiger partial charge in [-0.05, 0) is 56.7 Å². The van der Waals surface area contributed by atoms with Gasteiger partial charge < -0.3 is 28.4 Å². The summed E-state index contributed by atoms with van der Waals surface area (Å²) in [6, 6.07) is 3.65. The minimum absolute atomic E-state index is 0.316. The Morgan fingerprint density at radius 2 is 0.882 bits per heavy atom. The Bertz CT molecular complexity index is 440. The molecule has 6 atom stereocenters. The largest absolute Gasteiger partial charge is 0.376 e. The fourth-order valence-electron chi connectivity index (χ4n) is 5.16. The molecule has 3 saturated heterocycles. The highest BCUT2D eigenvalue weighted by Gasteiger charge is 2.29. The third-order valence-electron chi connectivity index (χ3n) is 7.55. The zero-order valence-electron chi connectivity index (χ0n) is 22.2. The molecule has 3 aliphatic rings. The third-order valence-corrected chi connectivity index (χ3v) is 11.1. The molecule has 0 amide bonds. The van der Waals surface area contributed by atoms with Crippen molar-refractivity contribution in [1.82, 2.24) is 0 Å². The SMILES string of the molecule is CCCC(C[SiH](CC(CCC)OCC1CCO1)CC(CCC)OCC1CCO1)OCC1CCO1. The van der Waals surface area contributed by atoms with E-state index in [0.29, 0.717) is 36.6 Å². The van der Waals surface area contributed by atoms with Gasteiger partial charge in [-0.1, -0.05) is 40.0 Å². The second kappa shape index (κ2) is 16.7. The monoisotopic (exact) mass is 500 g/mol. The van der Waals surface area contributed by atoms with E-state index in [9.17, 15) is 0 Å². The van der Waals surface area contributed by atoms with Crippen LogP contribution in [0.2, 0.25) is 18.1 Å². The first-order chi connectivity index (χ1) is 16.7. The van der Waals surface area contributed by atoms with Crippen molar-refractivity contribution in [1.29, 1.82) is 0 Å². The summed E-state index contributed by atoms with van der Waals surface area (Å²) in [4.78, 5) is 0. The second-order valence-electron chi connectivity index (χ2n) is 10.6. The molecular weight excluding hydrogens is 448 g/mol. The van der Waals surface area contributed by atoms with Crippen molar-refractivity contribution in [2.75, 3.05) is 39.6 Å². The van der Waals surface area contributed by atoms with Gasteiger partial charge in [0.15, 0.2) is 0 Å². The summed E-state index contributed by atoms with van der Waals surface area (Å²) in [5.41, 5.74) is 0. The van der Waals surface area contributed by atoms with Crippen LogP contribution < -0.4 is 0 Å². The molecule has 6 nitrogen and oxygen atoms in total. The highest BCUT2D eigenvalue weighted by Crippen LogP contribution is 2.26. The van der Waals surface area contributed by atoms with Crippen LogP contribution >= 0.6 is 0 Å². The minimum Gasteiger partial charge on any atom is -0.376 e. The normalized spacial score (nSPS) is 27.8. The van der Waals surface area contributed by atoms with Crippen LogP contribution in [0.4, 0.5) is 0 Å². The average Bonchev–Trinajstić information content (AvgIpc) is 2.70. The summed E-state index contributed by atoms with van der Waals surface area (Å²) in [6.07, 6.45) is 12.3. The number of ether oxygens (including phenoxy) is 6. The summed E-state index contributed by atoms with van der Waals surface area (Å²) >= 11 is 0. The molecule has 6 unspecified atom stereocenters. The van der Waals surface area contributed by atoms with Gasteiger partial charge in [-0.15, -0.1) is 0 Å². The Hall–Kier alpha value is -0.0231. The van der Waals surface area contributed by atoms with Crippen LogP contribution in [0, 0.1) is 0 Å². The standard InChI is InChI=1S/C27H52O6Si/c1-4-7-25(31-16-22-10-13-28-22)19-34(20-26(8-5-2)32-17-23-11-14-29-23)21-27(9-6-3)33-18-24-12-15-30-24/h22-27,34H,4-21H2,1-3H3. The molecular formula is C27H52O6Si. The molecule has 3 aliphatic heterocycles. The maximum atomic E-state index is 6.44. The van der Waals surface area contributed by atoms with Gasteiger partial charge in [0, 0.05) is 28.6 Å². The molecule has 0 aromatic carbocycles. The molecule has 0 aromatic rings. The Morgan fingerprint density at radius 1 is 0.588 bits per heavy atom. The third kappa shape index (κ3) is 10.5. The summed E-state index contributed by atoms with van der Waals surface area (Å²) in [7, 11) is -1.16. The molecule has 0 spiro atoms. The molecule has 7 heteroatoms. The van der Waals surface area contributed by atoms with Gasteiger partial charge in [0.1, 0.15) is 0 Å². The van der Waals surface area contributed by atoms with Crippen LogP contribution in [0.25, 0.3) is 0 Å². The maximum Gasteiger partial charge on any atom is 0.0830 e. The van der Waals surface area contributed by atoms with Crippen molar-refractivity contribution in [2.45, 2.75) is 133 Å². The minimum atomic E-state index is -1.16. The van der Waals surface area contributed by atoms with E-state index in [-0.39, 0.29) is 0 Å². The first-order valence-corrected chi connectivity index (χ1v) is 16.8. The lowest BCUT2D eigenvalue weighted by molar-refractivity contribution is -0.109. The molecule has 200 valence electrons. The zero-order valence-corrected chi connectivity index (χ0v) is 23.4. The van der Waals surface area contributed by atoms with Crippen LogP contribution in [0.3, 0.4) is 0 Å². The first kappa shape index (κ1) is 28.5. The second-order valence-corrected chi connectivity index (χ2v) is 13.8. The average molecular weight is 501 g/mol. The quantitative estimate of drug-likeness (QED) is 0.204. The Morgan fingerprint density at radius 3 is 1.09 bits per heavy atom. The fourth-order valence-corrected chi connectivity index (χ4v) is 9.08. The van der Waals surface area contributed by atoms with Gasteiger partial charge >= 0.3 is 0 Å². The highest BCUT2D eigenvalue weighted by atomic mass is 28.3. The Labute approximate surface area is 210 Å². The lowest BCUT2D eigenvalue weighted by Crippen LogP contribution is -2.38. The summed E-state index contributed by atoms with van der Waals surface area (Å²) < 4.78 is 36.2. The zero-order chi connectivity index (χ0) is 24.0. The summed E-state index contributed by atoms with van der Waals surface area (Å²) in [5, 5.41) is 0. The molecule has 0 bridgehead atoms. The number of rotatable bonds is 21. The molecule has 0 radical (unpaired) electrons. The van der Waals surface area contributed by atoms with Gasteiger partial charge in [-0.25, -0.2) is 0 Å². The Kier molecular flexibility index (Phi) is 14.0. The predicted octanol–water partition coefficient (Wildman–Crippen LogP) is 5.14. The lowest BCUT2D eigenvalue weighted by Gasteiger charge is -2.33. The summed E-state index contributed by atoms with van der Waals surface area (Å²) in [6.45, 7) is 11.8. The van der Waals surface area contributed by atoms with E-state index < -0.39 is 8.80 Å². The molecule has 3 fully saturated rings. The van der Waals surface area contributed by atoms with E-state index in [4.69, 9.17) is 28.4 Å². The molecule has 0 saturated carbocycles. The number of hydrogen-bond acceptors (Lipinski definition) is 6.